The molecule has 0 radical (unpaired) electrons. The van der Waals surface area contributed by atoms with Gasteiger partial charge in [0.15, 0.2) is 11.5 Å². The summed E-state index contributed by atoms with van der Waals surface area (Å²) in [5.41, 5.74) is 0.356. The Balaban J connectivity index is 2.05. The molecular formula is C14H16BrN5. The molecule has 5 nitrogen and oxygen atoms in total. The lowest BCUT2D eigenvalue weighted by Crippen LogP contribution is -2.03. The zero-order valence-electron chi connectivity index (χ0n) is 11.5. The standard InChI is InChI=1S/C14H16BrN5/c1-10(2)5-7-20-8-6-14(19-20)18-13-4-3-11(15)12(9-16)17-13/h3-4,6,8,10H,5,7H2,1-2H3,(H,17,18,19). The first-order chi connectivity index (χ1) is 9.58. The van der Waals surface area contributed by atoms with Gasteiger partial charge in [0.1, 0.15) is 11.9 Å². The van der Waals surface area contributed by atoms with Crippen molar-refractivity contribution in [2.24, 2.45) is 5.92 Å². The predicted molar refractivity (Wildman–Crippen MR) is 81.6 cm³/mol. The number of nitrogens with one attached hydrogen (secondary N) is 1. The van der Waals surface area contributed by atoms with Crippen molar-refractivity contribution in [1.29, 1.82) is 5.26 Å². The molecule has 2 rings (SSSR count). The molecule has 2 heterocycles. The van der Waals surface area contributed by atoms with Gasteiger partial charge < -0.3 is 5.32 Å². The normalized spacial score (nSPS) is 10.6. The minimum absolute atomic E-state index is 0.356. The van der Waals surface area contributed by atoms with Crippen LogP contribution in [-0.4, -0.2) is 14.8 Å². The molecule has 6 heteroatoms. The third-order valence-electron chi connectivity index (χ3n) is 2.78. The van der Waals surface area contributed by atoms with Gasteiger partial charge in [0.05, 0.1) is 4.47 Å². The molecule has 0 bridgehead atoms. The lowest BCUT2D eigenvalue weighted by atomic mass is 10.1. The van der Waals surface area contributed by atoms with Gasteiger partial charge >= 0.3 is 0 Å². The molecule has 2 aromatic rings. The second-order valence-corrected chi connectivity index (χ2v) is 5.76. The van der Waals surface area contributed by atoms with Crippen molar-refractivity contribution < 1.29 is 0 Å². The molecule has 0 unspecified atom stereocenters. The van der Waals surface area contributed by atoms with E-state index in [4.69, 9.17) is 5.26 Å². The Hall–Kier alpha value is -1.87. The predicted octanol–water partition coefficient (Wildman–Crippen LogP) is 3.70. The SMILES string of the molecule is CC(C)CCn1ccc(Nc2ccc(Br)c(C#N)n2)n1. The van der Waals surface area contributed by atoms with E-state index < -0.39 is 0 Å². The Labute approximate surface area is 126 Å². The molecule has 0 amide bonds. The van der Waals surface area contributed by atoms with E-state index >= 15 is 0 Å². The largest absolute Gasteiger partial charge is 0.323 e. The summed E-state index contributed by atoms with van der Waals surface area (Å²) in [4.78, 5) is 4.20. The van der Waals surface area contributed by atoms with Gasteiger partial charge in [0, 0.05) is 18.8 Å². The van der Waals surface area contributed by atoms with Gasteiger partial charge in [0.25, 0.3) is 0 Å². The summed E-state index contributed by atoms with van der Waals surface area (Å²) in [7, 11) is 0. The first-order valence-corrected chi connectivity index (χ1v) is 7.25. The minimum Gasteiger partial charge on any atom is -0.323 e. The van der Waals surface area contributed by atoms with Gasteiger partial charge in [-0.15, -0.1) is 0 Å². The van der Waals surface area contributed by atoms with Crippen molar-refractivity contribution in [3.8, 4) is 6.07 Å². The summed E-state index contributed by atoms with van der Waals surface area (Å²) < 4.78 is 2.60. The summed E-state index contributed by atoms with van der Waals surface area (Å²) in [6.45, 7) is 5.28. The van der Waals surface area contributed by atoms with Crippen LogP contribution >= 0.6 is 15.9 Å². The Kier molecular flexibility index (Phi) is 4.74. The van der Waals surface area contributed by atoms with Gasteiger partial charge in [-0.2, -0.15) is 10.4 Å². The summed E-state index contributed by atoms with van der Waals surface area (Å²) >= 11 is 3.28. The molecule has 1 N–H and O–H groups in total. The third-order valence-corrected chi connectivity index (χ3v) is 3.42. The Morgan fingerprint density at radius 2 is 2.15 bits per heavy atom. The van der Waals surface area contributed by atoms with E-state index in [0.717, 1.165) is 18.8 Å². The number of aryl methyl sites for hydroxylation is 1. The zero-order chi connectivity index (χ0) is 14.5. The topological polar surface area (TPSA) is 66.5 Å². The van der Waals surface area contributed by atoms with Gasteiger partial charge in [-0.3, -0.25) is 4.68 Å². The molecule has 104 valence electrons. The second kappa shape index (κ2) is 6.53. The highest BCUT2D eigenvalue weighted by atomic mass is 79.9. The number of nitriles is 1. The van der Waals surface area contributed by atoms with E-state index in [1.165, 1.54) is 0 Å². The molecule has 0 aromatic carbocycles. The molecule has 2 aromatic heterocycles. The maximum atomic E-state index is 8.94. The number of anilines is 2. The van der Waals surface area contributed by atoms with Crippen LogP contribution in [0.1, 0.15) is 26.0 Å². The molecule has 0 saturated heterocycles. The maximum absolute atomic E-state index is 8.94. The van der Waals surface area contributed by atoms with Gasteiger partial charge in [0.2, 0.25) is 0 Å². The van der Waals surface area contributed by atoms with Crippen LogP contribution < -0.4 is 5.32 Å². The fraction of sp³-hybridized carbons (Fsp3) is 0.357. The average Bonchev–Trinajstić information content (AvgIpc) is 2.86. The number of hydrogen-bond donors (Lipinski definition) is 1. The number of aromatic nitrogens is 3. The summed E-state index contributed by atoms with van der Waals surface area (Å²) in [5, 5.41) is 16.5. The third kappa shape index (κ3) is 3.81. The van der Waals surface area contributed by atoms with Crippen LogP contribution in [0.2, 0.25) is 0 Å². The lowest BCUT2D eigenvalue weighted by molar-refractivity contribution is 0.488. The highest BCUT2D eigenvalue weighted by molar-refractivity contribution is 9.10. The van der Waals surface area contributed by atoms with Gasteiger partial charge in [-0.25, -0.2) is 4.98 Å². The van der Waals surface area contributed by atoms with Crippen LogP contribution in [0.3, 0.4) is 0 Å². The summed E-state index contributed by atoms with van der Waals surface area (Å²) in [6.07, 6.45) is 3.03. The minimum atomic E-state index is 0.356. The molecule has 0 aliphatic heterocycles. The van der Waals surface area contributed by atoms with E-state index in [1.807, 2.05) is 23.0 Å². The van der Waals surface area contributed by atoms with Gasteiger partial charge in [-0.1, -0.05) is 13.8 Å². The molecule has 20 heavy (non-hydrogen) atoms. The van der Waals surface area contributed by atoms with Crippen molar-refractivity contribution in [2.45, 2.75) is 26.8 Å². The van der Waals surface area contributed by atoms with Crippen LogP contribution in [-0.2, 0) is 6.54 Å². The van der Waals surface area contributed by atoms with Crippen LogP contribution in [0.5, 0.6) is 0 Å². The number of rotatable bonds is 5. The Bertz CT molecular complexity index is 627. The number of hydrogen-bond acceptors (Lipinski definition) is 4. The average molecular weight is 334 g/mol. The summed E-state index contributed by atoms with van der Waals surface area (Å²) in [6, 6.07) is 7.53. The first-order valence-electron chi connectivity index (χ1n) is 6.45. The maximum Gasteiger partial charge on any atom is 0.157 e. The fourth-order valence-corrected chi connectivity index (χ4v) is 1.97. The monoisotopic (exact) mass is 333 g/mol. The molecule has 0 spiro atoms. The van der Waals surface area contributed by atoms with Crippen molar-refractivity contribution in [3.63, 3.8) is 0 Å². The van der Waals surface area contributed by atoms with Crippen molar-refractivity contribution in [3.05, 3.63) is 34.6 Å². The molecule has 0 atom stereocenters. The van der Waals surface area contributed by atoms with E-state index in [0.29, 0.717) is 21.9 Å². The van der Waals surface area contributed by atoms with E-state index in [2.05, 4.69) is 45.2 Å². The van der Waals surface area contributed by atoms with Crippen molar-refractivity contribution in [2.75, 3.05) is 5.32 Å². The second-order valence-electron chi connectivity index (χ2n) is 4.91. The number of nitrogens with zero attached hydrogens (tertiary/aromatic N) is 4. The van der Waals surface area contributed by atoms with Crippen LogP contribution in [0.25, 0.3) is 0 Å². The van der Waals surface area contributed by atoms with Crippen molar-refractivity contribution >= 4 is 27.6 Å². The van der Waals surface area contributed by atoms with Gasteiger partial charge in [-0.05, 0) is 40.4 Å². The number of halogens is 1. The Morgan fingerprint density at radius 1 is 1.35 bits per heavy atom. The summed E-state index contributed by atoms with van der Waals surface area (Å²) in [5.74, 6) is 1.99. The van der Waals surface area contributed by atoms with Crippen molar-refractivity contribution in [1.82, 2.24) is 14.8 Å². The van der Waals surface area contributed by atoms with Crippen LogP contribution in [0.15, 0.2) is 28.9 Å². The smallest absolute Gasteiger partial charge is 0.157 e. The molecule has 0 aliphatic carbocycles. The molecule has 0 saturated carbocycles. The lowest BCUT2D eigenvalue weighted by Gasteiger charge is -2.05. The van der Waals surface area contributed by atoms with E-state index in [9.17, 15) is 0 Å². The van der Waals surface area contributed by atoms with Crippen LogP contribution in [0.4, 0.5) is 11.6 Å². The molecular weight excluding hydrogens is 318 g/mol. The van der Waals surface area contributed by atoms with E-state index in [-0.39, 0.29) is 0 Å². The Morgan fingerprint density at radius 3 is 2.85 bits per heavy atom. The fourth-order valence-electron chi connectivity index (χ4n) is 1.66. The van der Waals surface area contributed by atoms with Crippen LogP contribution in [0, 0.1) is 17.2 Å². The number of pyridine rings is 1. The zero-order valence-corrected chi connectivity index (χ0v) is 13.1. The van der Waals surface area contributed by atoms with E-state index in [1.54, 1.807) is 12.1 Å². The molecule has 0 aliphatic rings. The quantitative estimate of drug-likeness (QED) is 0.905. The molecule has 0 fully saturated rings. The highest BCUT2D eigenvalue weighted by Gasteiger charge is 2.05. The highest BCUT2D eigenvalue weighted by Crippen LogP contribution is 2.19. The first kappa shape index (κ1) is 14.5.